The fourth-order valence-corrected chi connectivity index (χ4v) is 2.75. The molecule has 1 N–H and O–H groups in total. The summed E-state index contributed by atoms with van der Waals surface area (Å²) in [6.07, 6.45) is 9.98. The van der Waals surface area contributed by atoms with Gasteiger partial charge in [0.25, 0.3) is 0 Å². The minimum Gasteiger partial charge on any atom is -0.375 e. The summed E-state index contributed by atoms with van der Waals surface area (Å²) >= 11 is 0. The summed E-state index contributed by atoms with van der Waals surface area (Å²) in [5.41, 5.74) is 2.15. The maximum Gasteiger partial charge on any atom is 0.246 e. The van der Waals surface area contributed by atoms with Crippen LogP contribution in [-0.2, 0) is 4.79 Å². The zero-order valence-electron chi connectivity index (χ0n) is 15.7. The van der Waals surface area contributed by atoms with Crippen LogP contribution in [0.25, 0.3) is 0 Å². The number of allylic oxidation sites excluding steroid dienone is 1. The van der Waals surface area contributed by atoms with Crippen molar-refractivity contribution in [3.8, 4) is 0 Å². The van der Waals surface area contributed by atoms with Crippen LogP contribution in [0.4, 0.5) is 5.69 Å². The van der Waals surface area contributed by atoms with Gasteiger partial charge in [-0.15, -0.1) is 0 Å². The molecule has 0 heterocycles. The fraction of sp³-hybridized carbons (Fsp3) is 0.571. The van der Waals surface area contributed by atoms with E-state index in [4.69, 9.17) is 0 Å². The number of nitrogens with one attached hydrogen (secondary N) is 1. The number of hydrogen-bond donors (Lipinski definition) is 1. The third-order valence-corrected chi connectivity index (χ3v) is 4.34. The van der Waals surface area contributed by atoms with E-state index < -0.39 is 0 Å². The Morgan fingerprint density at radius 2 is 1.79 bits per heavy atom. The number of benzene rings is 1. The summed E-state index contributed by atoms with van der Waals surface area (Å²) in [5, 5.41) is 3.06. The van der Waals surface area contributed by atoms with Crippen molar-refractivity contribution in [1.82, 2.24) is 5.32 Å². The molecule has 0 aliphatic rings. The van der Waals surface area contributed by atoms with Crippen LogP contribution in [-0.4, -0.2) is 26.0 Å². The zero-order valence-corrected chi connectivity index (χ0v) is 15.7. The molecule has 1 amide bonds. The molecule has 0 aliphatic heterocycles. The fourth-order valence-electron chi connectivity index (χ4n) is 2.75. The first-order chi connectivity index (χ1) is 11.7. The zero-order chi connectivity index (χ0) is 17.6. The Balaban J connectivity index is 2.19. The number of unbranched alkanes of at least 4 members (excludes halogenated alkanes) is 4. The molecular formula is C21H34N2O. The summed E-state index contributed by atoms with van der Waals surface area (Å²) in [4.78, 5) is 14.4. The van der Waals surface area contributed by atoms with Gasteiger partial charge in [0.15, 0.2) is 0 Å². The van der Waals surface area contributed by atoms with Crippen molar-refractivity contribution in [1.29, 1.82) is 0 Å². The van der Waals surface area contributed by atoms with E-state index in [-0.39, 0.29) is 5.91 Å². The van der Waals surface area contributed by atoms with E-state index >= 15 is 0 Å². The Morgan fingerprint density at radius 3 is 2.46 bits per heavy atom. The number of carbonyl (C=O) groups is 1. The highest BCUT2D eigenvalue weighted by Gasteiger charge is 2.08. The highest BCUT2D eigenvalue weighted by molar-refractivity contribution is 5.93. The number of hydrogen-bond acceptors (Lipinski definition) is 2. The summed E-state index contributed by atoms with van der Waals surface area (Å²) in [6, 6.07) is 10.3. The van der Waals surface area contributed by atoms with Crippen molar-refractivity contribution in [3.63, 3.8) is 0 Å². The average Bonchev–Trinajstić information content (AvgIpc) is 2.62. The summed E-state index contributed by atoms with van der Waals surface area (Å²) in [5.74, 6) is 0.107. The second-order valence-electron chi connectivity index (χ2n) is 6.34. The van der Waals surface area contributed by atoms with Gasteiger partial charge < -0.3 is 10.2 Å². The molecular weight excluding hydrogens is 296 g/mol. The molecule has 24 heavy (non-hydrogen) atoms. The van der Waals surface area contributed by atoms with E-state index in [0.29, 0.717) is 0 Å². The van der Waals surface area contributed by atoms with E-state index in [0.717, 1.165) is 37.9 Å². The molecule has 0 unspecified atom stereocenters. The third kappa shape index (κ3) is 8.19. The molecule has 3 nitrogen and oxygen atoms in total. The van der Waals surface area contributed by atoms with E-state index in [1.165, 1.54) is 31.4 Å². The molecule has 0 fully saturated rings. The molecule has 0 atom stereocenters. The van der Waals surface area contributed by atoms with Crippen LogP contribution in [0.5, 0.6) is 0 Å². The number of para-hydroxylation sites is 1. The minimum absolute atomic E-state index is 0.107. The molecule has 0 bridgehead atoms. The lowest BCUT2D eigenvalue weighted by Gasteiger charge is -2.19. The second kappa shape index (κ2) is 12.6. The maximum atomic E-state index is 12.2. The van der Waals surface area contributed by atoms with Crippen molar-refractivity contribution in [2.24, 2.45) is 0 Å². The average molecular weight is 331 g/mol. The molecule has 0 radical (unpaired) electrons. The summed E-state index contributed by atoms with van der Waals surface area (Å²) in [6.45, 7) is 5.85. The lowest BCUT2D eigenvalue weighted by molar-refractivity contribution is -0.117. The molecule has 0 saturated carbocycles. The van der Waals surface area contributed by atoms with Crippen LogP contribution in [0.1, 0.15) is 58.8 Å². The van der Waals surface area contributed by atoms with Gasteiger partial charge in [-0.2, -0.15) is 0 Å². The number of anilines is 1. The maximum absolute atomic E-state index is 12.2. The van der Waals surface area contributed by atoms with E-state index in [1.807, 2.05) is 31.2 Å². The molecule has 0 aromatic heterocycles. The molecule has 0 saturated heterocycles. The molecule has 1 aromatic carbocycles. The van der Waals surface area contributed by atoms with Gasteiger partial charge >= 0.3 is 0 Å². The van der Waals surface area contributed by atoms with Gasteiger partial charge in [0.05, 0.1) is 0 Å². The lowest BCUT2D eigenvalue weighted by atomic mass is 10.0. The van der Waals surface area contributed by atoms with Crippen LogP contribution in [0, 0.1) is 0 Å². The Morgan fingerprint density at radius 1 is 1.08 bits per heavy atom. The van der Waals surface area contributed by atoms with Crippen LogP contribution in [0.15, 0.2) is 42.0 Å². The molecule has 1 aromatic rings. The van der Waals surface area contributed by atoms with Gasteiger partial charge in [0.2, 0.25) is 5.91 Å². The predicted octanol–water partition coefficient (Wildman–Crippen LogP) is 4.94. The molecule has 1 rings (SSSR count). The number of amides is 1. The Hall–Kier alpha value is -1.77. The normalized spacial score (nSPS) is 11.4. The van der Waals surface area contributed by atoms with Gasteiger partial charge in [-0.25, -0.2) is 0 Å². The molecule has 3 heteroatoms. The number of rotatable bonds is 12. The number of carbonyl (C=O) groups excluding carboxylic acids is 1. The van der Waals surface area contributed by atoms with Gasteiger partial charge in [0.1, 0.15) is 0 Å². The van der Waals surface area contributed by atoms with Gasteiger partial charge in [-0.1, -0.05) is 56.9 Å². The van der Waals surface area contributed by atoms with E-state index in [1.54, 1.807) is 0 Å². The first-order valence-electron chi connectivity index (χ1n) is 9.38. The SMILES string of the molecule is CC=C(CCCCCCC)C(=O)NCCCN(C)c1ccccc1. The highest BCUT2D eigenvalue weighted by Crippen LogP contribution is 2.12. The van der Waals surface area contributed by atoms with Crippen LogP contribution < -0.4 is 10.2 Å². The van der Waals surface area contributed by atoms with E-state index in [2.05, 4.69) is 36.3 Å². The minimum atomic E-state index is 0.107. The molecule has 0 aliphatic carbocycles. The van der Waals surface area contributed by atoms with Crippen LogP contribution in [0.3, 0.4) is 0 Å². The van der Waals surface area contributed by atoms with Crippen molar-refractivity contribution in [3.05, 3.63) is 42.0 Å². The Kier molecular flexibility index (Phi) is 10.7. The van der Waals surface area contributed by atoms with Crippen molar-refractivity contribution in [2.45, 2.75) is 58.8 Å². The smallest absolute Gasteiger partial charge is 0.246 e. The van der Waals surface area contributed by atoms with Gasteiger partial charge in [0, 0.05) is 31.4 Å². The number of nitrogens with zero attached hydrogens (tertiary/aromatic N) is 1. The first-order valence-corrected chi connectivity index (χ1v) is 9.38. The largest absolute Gasteiger partial charge is 0.375 e. The van der Waals surface area contributed by atoms with Crippen molar-refractivity contribution >= 4 is 11.6 Å². The molecule has 0 spiro atoms. The van der Waals surface area contributed by atoms with Gasteiger partial charge in [-0.3, -0.25) is 4.79 Å². The van der Waals surface area contributed by atoms with E-state index in [9.17, 15) is 4.79 Å². The summed E-state index contributed by atoms with van der Waals surface area (Å²) in [7, 11) is 2.09. The Labute approximate surface area is 148 Å². The quantitative estimate of drug-likeness (QED) is 0.435. The standard InChI is InChI=1S/C21H34N2O/c1-4-6-7-8-10-14-19(5-2)21(24)22-17-13-18-23(3)20-15-11-9-12-16-20/h5,9,11-12,15-16H,4,6-8,10,13-14,17-18H2,1-3H3,(H,22,24). The summed E-state index contributed by atoms with van der Waals surface area (Å²) < 4.78 is 0. The van der Waals surface area contributed by atoms with Gasteiger partial charge in [-0.05, 0) is 38.3 Å². The highest BCUT2D eigenvalue weighted by atomic mass is 16.1. The topological polar surface area (TPSA) is 32.3 Å². The lowest BCUT2D eigenvalue weighted by Crippen LogP contribution is -2.29. The van der Waals surface area contributed by atoms with Crippen LogP contribution in [0.2, 0.25) is 0 Å². The first kappa shape index (κ1) is 20.3. The van der Waals surface area contributed by atoms with Crippen molar-refractivity contribution in [2.75, 3.05) is 25.0 Å². The molecule has 134 valence electrons. The third-order valence-electron chi connectivity index (χ3n) is 4.34. The Bertz CT molecular complexity index is 482. The van der Waals surface area contributed by atoms with Crippen LogP contribution >= 0.6 is 0 Å². The second-order valence-corrected chi connectivity index (χ2v) is 6.34. The predicted molar refractivity (Wildman–Crippen MR) is 104 cm³/mol. The van der Waals surface area contributed by atoms with Crippen molar-refractivity contribution < 1.29 is 4.79 Å². The monoisotopic (exact) mass is 330 g/mol.